The molecule has 160 valence electrons. The minimum atomic E-state index is -3.72. The van der Waals surface area contributed by atoms with Crippen molar-refractivity contribution in [2.24, 2.45) is 0 Å². The van der Waals surface area contributed by atoms with Crippen molar-refractivity contribution in [1.82, 2.24) is 15.3 Å². The van der Waals surface area contributed by atoms with Crippen LogP contribution in [0.3, 0.4) is 0 Å². The van der Waals surface area contributed by atoms with Crippen LogP contribution in [-0.2, 0) is 21.4 Å². The third-order valence-electron chi connectivity index (χ3n) is 5.06. The lowest BCUT2D eigenvalue weighted by molar-refractivity contribution is -0.118. The molecule has 3 aromatic rings. The summed E-state index contributed by atoms with van der Waals surface area (Å²) in [6, 6.07) is 13.5. The van der Waals surface area contributed by atoms with Crippen LogP contribution in [0.5, 0.6) is 0 Å². The number of fused-ring (bicyclic) bond motifs is 3. The fourth-order valence-corrected chi connectivity index (χ4v) is 5.23. The largest absolute Gasteiger partial charge is 0.351 e. The third-order valence-corrected chi connectivity index (χ3v) is 7.69. The van der Waals surface area contributed by atoms with Gasteiger partial charge in [0, 0.05) is 19.2 Å². The van der Waals surface area contributed by atoms with E-state index in [1.165, 1.54) is 34.9 Å². The van der Waals surface area contributed by atoms with Gasteiger partial charge < -0.3 is 5.32 Å². The van der Waals surface area contributed by atoms with Crippen molar-refractivity contribution in [3.63, 3.8) is 0 Å². The number of nitrogens with one attached hydrogen (secondary N) is 1. The molecule has 0 radical (unpaired) electrons. The SMILES string of the molecule is Cc1ccc(CNC(=O)CSc2ncc3c(n2)-c2cc(C)ccc2N(C)S3(=O)=O)cc1. The van der Waals surface area contributed by atoms with Gasteiger partial charge in [0.25, 0.3) is 10.0 Å². The number of anilines is 1. The van der Waals surface area contributed by atoms with E-state index in [4.69, 9.17) is 0 Å². The van der Waals surface area contributed by atoms with E-state index in [0.29, 0.717) is 23.1 Å². The molecule has 7 nitrogen and oxygen atoms in total. The van der Waals surface area contributed by atoms with Gasteiger partial charge in [0.1, 0.15) is 4.90 Å². The Kier molecular flexibility index (Phi) is 5.72. The van der Waals surface area contributed by atoms with E-state index in [-0.39, 0.29) is 16.6 Å². The number of amides is 1. The molecule has 1 aliphatic rings. The number of rotatable bonds is 5. The van der Waals surface area contributed by atoms with Crippen LogP contribution >= 0.6 is 11.8 Å². The first kappa shape index (κ1) is 21.3. The molecule has 2 aromatic carbocycles. The molecule has 9 heteroatoms. The Hall–Kier alpha value is -2.91. The normalized spacial score (nSPS) is 14.0. The van der Waals surface area contributed by atoms with Crippen molar-refractivity contribution in [1.29, 1.82) is 0 Å². The average Bonchev–Trinajstić information content (AvgIpc) is 2.75. The number of nitrogens with zero attached hydrogens (tertiary/aromatic N) is 3. The van der Waals surface area contributed by atoms with Gasteiger partial charge in [-0.25, -0.2) is 18.4 Å². The molecule has 0 unspecified atom stereocenters. The van der Waals surface area contributed by atoms with Gasteiger partial charge >= 0.3 is 0 Å². The molecule has 0 bridgehead atoms. The molecule has 31 heavy (non-hydrogen) atoms. The first-order valence-corrected chi connectivity index (χ1v) is 12.1. The highest BCUT2D eigenvalue weighted by molar-refractivity contribution is 7.99. The number of aryl methyl sites for hydroxylation is 2. The summed E-state index contributed by atoms with van der Waals surface area (Å²) < 4.78 is 26.9. The zero-order chi connectivity index (χ0) is 22.2. The van der Waals surface area contributed by atoms with Crippen LogP contribution in [0.1, 0.15) is 16.7 Å². The second-order valence-corrected chi connectivity index (χ2v) is 10.3. The summed E-state index contributed by atoms with van der Waals surface area (Å²) >= 11 is 1.18. The molecule has 0 saturated heterocycles. The van der Waals surface area contributed by atoms with Gasteiger partial charge in [-0.2, -0.15) is 0 Å². The topological polar surface area (TPSA) is 92.3 Å². The predicted molar refractivity (Wildman–Crippen MR) is 122 cm³/mol. The summed E-state index contributed by atoms with van der Waals surface area (Å²) in [6.07, 6.45) is 1.33. The number of thioether (sulfide) groups is 1. The maximum Gasteiger partial charge on any atom is 0.267 e. The van der Waals surface area contributed by atoms with Gasteiger partial charge in [0.05, 0.1) is 23.3 Å². The van der Waals surface area contributed by atoms with Gasteiger partial charge in [0.2, 0.25) is 5.91 Å². The number of sulfonamides is 1. The molecule has 1 N–H and O–H groups in total. The molecule has 2 heterocycles. The fraction of sp³-hybridized carbons (Fsp3) is 0.227. The first-order chi connectivity index (χ1) is 14.8. The lowest BCUT2D eigenvalue weighted by Crippen LogP contribution is -2.31. The van der Waals surface area contributed by atoms with Crippen molar-refractivity contribution in [2.75, 3.05) is 17.1 Å². The number of aromatic nitrogens is 2. The van der Waals surface area contributed by atoms with Gasteiger partial charge in [-0.1, -0.05) is 53.2 Å². The molecule has 0 fully saturated rings. The second kappa shape index (κ2) is 8.32. The van der Waals surface area contributed by atoms with E-state index < -0.39 is 10.0 Å². The number of benzene rings is 2. The molecule has 0 aliphatic carbocycles. The van der Waals surface area contributed by atoms with Crippen molar-refractivity contribution in [3.8, 4) is 11.3 Å². The number of carbonyl (C=O) groups excluding carboxylic acids is 1. The minimum absolute atomic E-state index is 0.0706. The highest BCUT2D eigenvalue weighted by atomic mass is 32.2. The highest BCUT2D eigenvalue weighted by Crippen LogP contribution is 2.41. The van der Waals surface area contributed by atoms with Crippen LogP contribution in [0.15, 0.2) is 58.7 Å². The maximum atomic E-state index is 12.8. The molecule has 1 aliphatic heterocycles. The summed E-state index contributed by atoms with van der Waals surface area (Å²) in [5.74, 6) is -0.00618. The van der Waals surface area contributed by atoms with E-state index in [2.05, 4.69) is 15.3 Å². The Bertz CT molecular complexity index is 1260. The van der Waals surface area contributed by atoms with E-state index >= 15 is 0 Å². The average molecular weight is 455 g/mol. The molecule has 1 amide bonds. The summed E-state index contributed by atoms with van der Waals surface area (Å²) in [5, 5.41) is 3.23. The predicted octanol–water partition coefficient (Wildman–Crippen LogP) is 3.31. The standard InChI is InChI=1S/C22H22N4O3S2/c1-14-4-7-16(8-5-14)11-23-20(27)13-30-22-24-12-19-21(25-22)17-10-15(2)6-9-18(17)26(3)31(19,28)29/h4-10,12H,11,13H2,1-3H3,(H,23,27). The smallest absolute Gasteiger partial charge is 0.267 e. The molecular weight excluding hydrogens is 432 g/mol. The molecular formula is C22H22N4O3S2. The molecule has 4 rings (SSSR count). The molecule has 1 aromatic heterocycles. The van der Waals surface area contributed by atoms with E-state index in [9.17, 15) is 13.2 Å². The van der Waals surface area contributed by atoms with E-state index in [1.807, 2.05) is 50.2 Å². The summed E-state index contributed by atoms with van der Waals surface area (Å²) in [5.41, 5.74) is 4.87. The van der Waals surface area contributed by atoms with Gasteiger partial charge in [0.15, 0.2) is 5.16 Å². The van der Waals surface area contributed by atoms with Gasteiger partial charge in [-0.15, -0.1) is 0 Å². The Morgan fingerprint density at radius 2 is 1.81 bits per heavy atom. The van der Waals surface area contributed by atoms with Crippen LogP contribution in [0.25, 0.3) is 11.3 Å². The minimum Gasteiger partial charge on any atom is -0.351 e. The van der Waals surface area contributed by atoms with E-state index in [1.54, 1.807) is 6.07 Å². The second-order valence-electron chi connectivity index (χ2n) is 7.41. The number of hydrogen-bond donors (Lipinski definition) is 1. The summed E-state index contributed by atoms with van der Waals surface area (Å²) in [6.45, 7) is 4.40. The maximum absolute atomic E-state index is 12.8. The van der Waals surface area contributed by atoms with E-state index in [0.717, 1.165) is 16.7 Å². The first-order valence-electron chi connectivity index (χ1n) is 9.68. The third kappa shape index (κ3) is 4.28. The zero-order valence-corrected chi connectivity index (χ0v) is 19.0. The van der Waals surface area contributed by atoms with Crippen molar-refractivity contribution in [3.05, 3.63) is 65.4 Å². The fourth-order valence-electron chi connectivity index (χ4n) is 3.28. The van der Waals surface area contributed by atoms with Crippen LogP contribution in [0.2, 0.25) is 0 Å². The Morgan fingerprint density at radius 3 is 2.55 bits per heavy atom. The Balaban J connectivity index is 1.51. The summed E-state index contributed by atoms with van der Waals surface area (Å²) in [4.78, 5) is 21.0. The number of carbonyl (C=O) groups is 1. The highest BCUT2D eigenvalue weighted by Gasteiger charge is 2.34. The Morgan fingerprint density at radius 1 is 1.10 bits per heavy atom. The van der Waals surface area contributed by atoms with Crippen molar-refractivity contribution < 1.29 is 13.2 Å². The van der Waals surface area contributed by atoms with Crippen molar-refractivity contribution >= 4 is 33.4 Å². The van der Waals surface area contributed by atoms with Gasteiger partial charge in [-0.3, -0.25) is 9.10 Å². The van der Waals surface area contributed by atoms with Crippen LogP contribution in [0.4, 0.5) is 5.69 Å². The Labute approximate surface area is 186 Å². The lowest BCUT2D eigenvalue weighted by atomic mass is 10.1. The molecule has 0 spiro atoms. The number of hydrogen-bond acceptors (Lipinski definition) is 6. The lowest BCUT2D eigenvalue weighted by Gasteiger charge is -2.28. The van der Waals surface area contributed by atoms with Crippen molar-refractivity contribution in [2.45, 2.75) is 30.4 Å². The quantitative estimate of drug-likeness (QED) is 0.470. The summed E-state index contributed by atoms with van der Waals surface area (Å²) in [7, 11) is -2.20. The monoisotopic (exact) mass is 454 g/mol. The molecule has 0 saturated carbocycles. The van der Waals surface area contributed by atoms with Crippen LogP contribution in [-0.4, -0.2) is 37.1 Å². The molecule has 0 atom stereocenters. The van der Waals surface area contributed by atoms with Crippen LogP contribution < -0.4 is 9.62 Å². The van der Waals surface area contributed by atoms with Crippen LogP contribution in [0, 0.1) is 13.8 Å². The zero-order valence-electron chi connectivity index (χ0n) is 17.4. The van der Waals surface area contributed by atoms with Gasteiger partial charge in [-0.05, 0) is 31.5 Å².